The van der Waals surface area contributed by atoms with Crippen LogP contribution in [0.3, 0.4) is 0 Å². The number of nitrogens with one attached hydrogen (secondary N) is 1. The molecule has 11 heteroatoms. The van der Waals surface area contributed by atoms with Crippen molar-refractivity contribution < 1.29 is 24.2 Å². The molecule has 0 saturated carbocycles. The van der Waals surface area contributed by atoms with E-state index in [9.17, 15) is 14.7 Å². The van der Waals surface area contributed by atoms with Gasteiger partial charge in [0.25, 0.3) is 0 Å². The summed E-state index contributed by atoms with van der Waals surface area (Å²) < 4.78 is 11.1. The minimum absolute atomic E-state index is 0.0821. The Morgan fingerprint density at radius 2 is 1.70 bits per heavy atom. The monoisotopic (exact) mass is 582 g/mol. The molecule has 2 aliphatic rings. The van der Waals surface area contributed by atoms with Gasteiger partial charge in [-0.2, -0.15) is 0 Å². The lowest BCUT2D eigenvalue weighted by Crippen LogP contribution is -2.55. The zero-order chi connectivity index (χ0) is 28.4. The number of ether oxygens (including phenoxy) is 2. The fraction of sp³-hybridized carbons (Fsp3) is 0.276. The van der Waals surface area contributed by atoms with Crippen molar-refractivity contribution in [1.82, 2.24) is 15.1 Å². The van der Waals surface area contributed by atoms with Crippen LogP contribution in [0.1, 0.15) is 35.7 Å². The number of benzene rings is 3. The van der Waals surface area contributed by atoms with Crippen LogP contribution < -0.4 is 14.8 Å². The summed E-state index contributed by atoms with van der Waals surface area (Å²) in [5.41, 5.74) is 2.11. The molecule has 3 atom stereocenters. The van der Waals surface area contributed by atoms with Gasteiger partial charge in [-0.05, 0) is 54.4 Å². The third-order valence-electron chi connectivity index (χ3n) is 6.73. The number of amidine groups is 1. The van der Waals surface area contributed by atoms with Crippen LogP contribution in [-0.4, -0.2) is 65.7 Å². The summed E-state index contributed by atoms with van der Waals surface area (Å²) in [4.78, 5) is 34.7. The lowest BCUT2D eigenvalue weighted by Gasteiger charge is -2.35. The predicted octanol–water partition coefficient (Wildman–Crippen LogP) is 4.82. The van der Waals surface area contributed by atoms with E-state index >= 15 is 0 Å². The molecule has 0 radical (unpaired) electrons. The molecule has 1 fully saturated rings. The van der Waals surface area contributed by atoms with Gasteiger partial charge in [-0.25, -0.2) is 4.79 Å². The summed E-state index contributed by atoms with van der Waals surface area (Å²) in [5.74, 6) is 0.882. The zero-order valence-electron chi connectivity index (χ0n) is 21.9. The Bertz CT molecular complexity index is 1430. The fourth-order valence-corrected chi connectivity index (χ4v) is 5.16. The van der Waals surface area contributed by atoms with E-state index in [1.54, 1.807) is 47.4 Å². The highest BCUT2D eigenvalue weighted by Crippen LogP contribution is 2.45. The van der Waals surface area contributed by atoms with E-state index < -0.39 is 18.4 Å². The van der Waals surface area contributed by atoms with E-state index in [1.165, 1.54) is 18.9 Å². The Morgan fingerprint density at radius 1 is 1.05 bits per heavy atom. The molecule has 5 rings (SSSR count). The Labute approximate surface area is 241 Å². The highest BCUT2D eigenvalue weighted by molar-refractivity contribution is 6.30. The number of aliphatic imine (C=N–C) groups is 1. The second kappa shape index (κ2) is 11.8. The standard InChI is InChI=1S/C29H28Cl2N4O5/c1-17(36)40-24-15-22(39-2)11-12-23(24)28-33-26(18-3-7-20(30)8-4-18)27(19-5-9-21(31)10-6-19)35(28)29(38)34-14-13-32-25(37)16-34/h3-12,15,17,26-27,36H,13-14,16H2,1-2H3,(H,32,37). The van der Waals surface area contributed by atoms with Crippen molar-refractivity contribution in [2.24, 2.45) is 4.99 Å². The number of methoxy groups -OCH3 is 1. The van der Waals surface area contributed by atoms with Crippen molar-refractivity contribution in [3.8, 4) is 11.5 Å². The van der Waals surface area contributed by atoms with Crippen LogP contribution in [0.25, 0.3) is 0 Å². The van der Waals surface area contributed by atoms with Gasteiger partial charge in [0, 0.05) is 29.2 Å². The van der Waals surface area contributed by atoms with Crippen LogP contribution in [0.2, 0.25) is 10.0 Å². The van der Waals surface area contributed by atoms with Gasteiger partial charge in [-0.15, -0.1) is 0 Å². The number of rotatable bonds is 6. The average Bonchev–Trinajstić information content (AvgIpc) is 3.33. The number of urea groups is 1. The van der Waals surface area contributed by atoms with Crippen molar-refractivity contribution >= 4 is 41.0 Å². The Balaban J connectivity index is 1.71. The van der Waals surface area contributed by atoms with Crippen molar-refractivity contribution in [2.75, 3.05) is 26.7 Å². The van der Waals surface area contributed by atoms with Gasteiger partial charge in [0.1, 0.15) is 29.9 Å². The smallest absolute Gasteiger partial charge is 0.326 e. The van der Waals surface area contributed by atoms with E-state index in [1.807, 2.05) is 24.3 Å². The lowest BCUT2D eigenvalue weighted by atomic mass is 9.93. The van der Waals surface area contributed by atoms with Crippen LogP contribution in [0.15, 0.2) is 71.7 Å². The quantitative estimate of drug-likeness (QED) is 0.406. The summed E-state index contributed by atoms with van der Waals surface area (Å²) in [7, 11) is 1.53. The molecular weight excluding hydrogens is 555 g/mol. The summed E-state index contributed by atoms with van der Waals surface area (Å²) in [6, 6.07) is 18.2. The predicted molar refractivity (Wildman–Crippen MR) is 152 cm³/mol. The average molecular weight is 583 g/mol. The Morgan fingerprint density at radius 3 is 2.30 bits per heavy atom. The van der Waals surface area contributed by atoms with Crippen LogP contribution in [0.5, 0.6) is 11.5 Å². The molecule has 2 N–H and O–H groups in total. The molecule has 2 heterocycles. The molecule has 0 aromatic heterocycles. The number of amides is 3. The number of aliphatic hydroxyl groups is 1. The van der Waals surface area contributed by atoms with E-state index in [0.29, 0.717) is 40.3 Å². The second-order valence-electron chi connectivity index (χ2n) is 9.45. The van der Waals surface area contributed by atoms with Gasteiger partial charge in [0.15, 0.2) is 6.29 Å². The van der Waals surface area contributed by atoms with E-state index in [-0.39, 0.29) is 24.2 Å². The zero-order valence-corrected chi connectivity index (χ0v) is 23.4. The first kappa shape index (κ1) is 27.8. The van der Waals surface area contributed by atoms with Crippen molar-refractivity contribution in [3.63, 3.8) is 0 Å². The molecule has 3 unspecified atom stereocenters. The number of aliphatic hydroxyl groups excluding tert-OH is 1. The number of halogens is 2. The molecule has 3 aromatic carbocycles. The number of carbonyl (C=O) groups is 2. The van der Waals surface area contributed by atoms with E-state index in [0.717, 1.165) is 11.1 Å². The third kappa shape index (κ3) is 5.72. The molecule has 0 spiro atoms. The minimum Gasteiger partial charge on any atom is -0.497 e. The van der Waals surface area contributed by atoms with Crippen LogP contribution >= 0.6 is 23.2 Å². The first-order chi connectivity index (χ1) is 19.2. The van der Waals surface area contributed by atoms with Crippen molar-refractivity contribution in [3.05, 3.63) is 93.5 Å². The minimum atomic E-state index is -1.14. The highest BCUT2D eigenvalue weighted by atomic mass is 35.5. The Kier molecular flexibility index (Phi) is 8.16. The SMILES string of the molecule is COc1ccc(C2=NC(c3ccc(Cl)cc3)C(c3ccc(Cl)cc3)N2C(=O)N2CCNC(=O)C2)c(OC(C)O)c1. The van der Waals surface area contributed by atoms with Gasteiger partial charge in [-0.3, -0.25) is 14.7 Å². The van der Waals surface area contributed by atoms with Crippen LogP contribution in [0.4, 0.5) is 4.79 Å². The van der Waals surface area contributed by atoms with Gasteiger partial charge in [-0.1, -0.05) is 47.5 Å². The normalized spacial score (nSPS) is 19.6. The molecule has 208 valence electrons. The van der Waals surface area contributed by atoms with Gasteiger partial charge < -0.3 is 24.8 Å². The molecular formula is C29H28Cl2N4O5. The van der Waals surface area contributed by atoms with Gasteiger partial charge >= 0.3 is 6.03 Å². The van der Waals surface area contributed by atoms with Crippen LogP contribution in [-0.2, 0) is 4.79 Å². The maximum atomic E-state index is 14.3. The molecule has 3 amide bonds. The maximum absolute atomic E-state index is 14.3. The molecule has 40 heavy (non-hydrogen) atoms. The summed E-state index contributed by atoms with van der Waals surface area (Å²) in [5, 5.41) is 14.0. The number of carbonyl (C=O) groups excluding carboxylic acids is 2. The fourth-order valence-electron chi connectivity index (χ4n) is 4.90. The summed E-state index contributed by atoms with van der Waals surface area (Å²) in [6.07, 6.45) is -1.14. The van der Waals surface area contributed by atoms with E-state index in [2.05, 4.69) is 5.32 Å². The second-order valence-corrected chi connectivity index (χ2v) is 10.3. The van der Waals surface area contributed by atoms with Crippen molar-refractivity contribution in [2.45, 2.75) is 25.3 Å². The number of hydrogen-bond donors (Lipinski definition) is 2. The van der Waals surface area contributed by atoms with Crippen LogP contribution in [0, 0.1) is 0 Å². The number of nitrogens with zero attached hydrogens (tertiary/aromatic N) is 3. The third-order valence-corrected chi connectivity index (χ3v) is 7.24. The largest absolute Gasteiger partial charge is 0.497 e. The Hall–Kier alpha value is -3.79. The highest BCUT2D eigenvalue weighted by Gasteiger charge is 2.45. The maximum Gasteiger partial charge on any atom is 0.326 e. The molecule has 0 bridgehead atoms. The number of hydrogen-bond acceptors (Lipinski definition) is 6. The lowest BCUT2D eigenvalue weighted by molar-refractivity contribution is -0.123. The molecule has 3 aromatic rings. The number of piperazine rings is 1. The first-order valence-electron chi connectivity index (χ1n) is 12.7. The molecule has 0 aliphatic carbocycles. The molecule has 9 nitrogen and oxygen atoms in total. The first-order valence-corrected chi connectivity index (χ1v) is 13.5. The molecule has 2 aliphatic heterocycles. The van der Waals surface area contributed by atoms with Crippen molar-refractivity contribution in [1.29, 1.82) is 0 Å². The summed E-state index contributed by atoms with van der Waals surface area (Å²) >= 11 is 12.4. The van der Waals surface area contributed by atoms with Gasteiger partial charge in [0.2, 0.25) is 5.91 Å². The molecule has 1 saturated heterocycles. The van der Waals surface area contributed by atoms with Gasteiger partial charge in [0.05, 0.1) is 18.7 Å². The topological polar surface area (TPSA) is 104 Å². The summed E-state index contributed by atoms with van der Waals surface area (Å²) in [6.45, 7) is 2.09. The van der Waals surface area contributed by atoms with E-state index in [4.69, 9.17) is 37.7 Å².